The van der Waals surface area contributed by atoms with Gasteiger partial charge in [0.2, 0.25) is 0 Å². The fraction of sp³-hybridized carbons (Fsp3) is 0.571. The molecule has 0 amide bonds. The molecule has 0 unspecified atom stereocenters. The molecule has 0 saturated heterocycles. The van der Waals surface area contributed by atoms with E-state index in [4.69, 9.17) is 0 Å². The Morgan fingerprint density at radius 3 is 2.69 bits per heavy atom. The van der Waals surface area contributed by atoms with Crippen LogP contribution in [0.4, 0.5) is 0 Å². The van der Waals surface area contributed by atoms with Crippen LogP contribution in [0.2, 0.25) is 0 Å². The van der Waals surface area contributed by atoms with E-state index in [9.17, 15) is 0 Å². The van der Waals surface area contributed by atoms with E-state index in [1.54, 1.807) is 0 Å². The molecule has 0 aliphatic heterocycles. The Morgan fingerprint density at radius 1 is 1.31 bits per heavy atom. The molecule has 0 N–H and O–H groups in total. The van der Waals surface area contributed by atoms with Gasteiger partial charge in [-0.05, 0) is 43.1 Å². The van der Waals surface area contributed by atoms with Crippen LogP contribution >= 0.6 is 24.4 Å². The highest BCUT2D eigenvalue weighted by atomic mass is 32.2. The standard InChI is InChI=1S/C14H20S2/c1-12-5-4-6-13(9-12)16-11-14(10-15)7-2-3-8-14/h4-6,9,15H,2-3,7-8,10-11H2,1H3. The van der Waals surface area contributed by atoms with Gasteiger partial charge in [-0.1, -0.05) is 30.5 Å². The lowest BCUT2D eigenvalue weighted by Gasteiger charge is -2.26. The Labute approximate surface area is 109 Å². The van der Waals surface area contributed by atoms with E-state index >= 15 is 0 Å². The third-order valence-electron chi connectivity index (χ3n) is 3.53. The average molecular weight is 252 g/mol. The second kappa shape index (κ2) is 5.50. The van der Waals surface area contributed by atoms with Crippen LogP contribution in [0, 0.1) is 12.3 Å². The zero-order chi connectivity index (χ0) is 11.4. The molecule has 1 aromatic rings. The summed E-state index contributed by atoms with van der Waals surface area (Å²) in [6.07, 6.45) is 5.54. The van der Waals surface area contributed by atoms with E-state index in [1.165, 1.54) is 41.9 Å². The lowest BCUT2D eigenvalue weighted by atomic mass is 9.91. The normalized spacial score (nSPS) is 18.9. The Bertz CT molecular complexity index is 340. The molecule has 88 valence electrons. The average Bonchev–Trinajstić information content (AvgIpc) is 2.76. The summed E-state index contributed by atoms with van der Waals surface area (Å²) >= 11 is 6.56. The van der Waals surface area contributed by atoms with Crippen LogP contribution in [0.3, 0.4) is 0 Å². The maximum Gasteiger partial charge on any atom is 0.00747 e. The second-order valence-corrected chi connectivity index (χ2v) is 6.34. The van der Waals surface area contributed by atoms with Gasteiger partial charge in [0.05, 0.1) is 0 Å². The van der Waals surface area contributed by atoms with Gasteiger partial charge in [0.1, 0.15) is 0 Å². The van der Waals surface area contributed by atoms with Crippen molar-refractivity contribution in [3.8, 4) is 0 Å². The van der Waals surface area contributed by atoms with E-state index in [2.05, 4.69) is 43.8 Å². The molecular weight excluding hydrogens is 232 g/mol. The van der Waals surface area contributed by atoms with Crippen molar-refractivity contribution in [2.75, 3.05) is 11.5 Å². The molecule has 2 heteroatoms. The lowest BCUT2D eigenvalue weighted by molar-refractivity contribution is 0.403. The third kappa shape index (κ3) is 2.98. The molecule has 1 fully saturated rings. The zero-order valence-corrected chi connectivity index (χ0v) is 11.6. The van der Waals surface area contributed by atoms with E-state index in [0.717, 1.165) is 5.75 Å². The van der Waals surface area contributed by atoms with Crippen molar-refractivity contribution in [1.29, 1.82) is 0 Å². The van der Waals surface area contributed by atoms with E-state index in [0.29, 0.717) is 5.41 Å². The van der Waals surface area contributed by atoms with Crippen LogP contribution in [0.1, 0.15) is 31.2 Å². The predicted molar refractivity (Wildman–Crippen MR) is 76.7 cm³/mol. The Balaban J connectivity index is 1.95. The van der Waals surface area contributed by atoms with E-state index in [1.807, 2.05) is 11.8 Å². The highest BCUT2D eigenvalue weighted by Gasteiger charge is 2.32. The molecular formula is C14H20S2. The molecule has 1 aliphatic rings. The first-order chi connectivity index (χ1) is 7.74. The number of benzene rings is 1. The van der Waals surface area contributed by atoms with Gasteiger partial charge >= 0.3 is 0 Å². The van der Waals surface area contributed by atoms with Crippen LogP contribution in [0.5, 0.6) is 0 Å². The molecule has 0 bridgehead atoms. The maximum absolute atomic E-state index is 4.55. The van der Waals surface area contributed by atoms with Gasteiger partial charge in [0.15, 0.2) is 0 Å². The Hall–Kier alpha value is -0.0800. The summed E-state index contributed by atoms with van der Waals surface area (Å²) in [6.45, 7) is 2.16. The van der Waals surface area contributed by atoms with Crippen molar-refractivity contribution in [3.05, 3.63) is 29.8 Å². The van der Waals surface area contributed by atoms with Crippen LogP contribution in [0.25, 0.3) is 0 Å². The summed E-state index contributed by atoms with van der Waals surface area (Å²) < 4.78 is 0. The van der Waals surface area contributed by atoms with Crippen LogP contribution in [-0.2, 0) is 0 Å². The Kier molecular flexibility index (Phi) is 4.26. The van der Waals surface area contributed by atoms with Crippen LogP contribution in [0.15, 0.2) is 29.2 Å². The number of thiol groups is 1. The van der Waals surface area contributed by atoms with Gasteiger partial charge in [0.25, 0.3) is 0 Å². The lowest BCUT2D eigenvalue weighted by Crippen LogP contribution is -2.21. The molecule has 0 aromatic heterocycles. The van der Waals surface area contributed by atoms with Crippen molar-refractivity contribution in [2.24, 2.45) is 5.41 Å². The summed E-state index contributed by atoms with van der Waals surface area (Å²) in [7, 11) is 0. The first-order valence-electron chi connectivity index (χ1n) is 6.04. The largest absolute Gasteiger partial charge is 0.179 e. The molecule has 16 heavy (non-hydrogen) atoms. The Morgan fingerprint density at radius 2 is 2.06 bits per heavy atom. The molecule has 0 heterocycles. The summed E-state index contributed by atoms with van der Waals surface area (Å²) in [4.78, 5) is 1.41. The minimum atomic E-state index is 0.511. The van der Waals surface area contributed by atoms with Gasteiger partial charge in [-0.15, -0.1) is 11.8 Å². The van der Waals surface area contributed by atoms with Crippen molar-refractivity contribution < 1.29 is 0 Å². The van der Waals surface area contributed by atoms with Gasteiger partial charge in [-0.3, -0.25) is 0 Å². The van der Waals surface area contributed by atoms with Crippen molar-refractivity contribution >= 4 is 24.4 Å². The SMILES string of the molecule is Cc1cccc(SCC2(CS)CCCC2)c1. The number of thioether (sulfide) groups is 1. The molecule has 0 nitrogen and oxygen atoms in total. The molecule has 0 atom stereocenters. The molecule has 2 rings (SSSR count). The number of aryl methyl sites for hydroxylation is 1. The first-order valence-corrected chi connectivity index (χ1v) is 7.66. The number of rotatable bonds is 4. The van der Waals surface area contributed by atoms with E-state index in [-0.39, 0.29) is 0 Å². The highest BCUT2D eigenvalue weighted by Crippen LogP contribution is 2.42. The third-order valence-corrected chi connectivity index (χ3v) is 5.55. The van der Waals surface area contributed by atoms with Gasteiger partial charge in [-0.25, -0.2) is 0 Å². The van der Waals surface area contributed by atoms with Gasteiger partial charge in [0, 0.05) is 10.6 Å². The topological polar surface area (TPSA) is 0 Å². The summed E-state index contributed by atoms with van der Waals surface area (Å²) in [5.41, 5.74) is 1.87. The van der Waals surface area contributed by atoms with Crippen LogP contribution < -0.4 is 0 Å². The molecule has 0 spiro atoms. The maximum atomic E-state index is 4.55. The fourth-order valence-corrected chi connectivity index (χ4v) is 4.30. The number of hydrogen-bond donors (Lipinski definition) is 1. The van der Waals surface area contributed by atoms with E-state index < -0.39 is 0 Å². The first kappa shape index (κ1) is 12.4. The highest BCUT2D eigenvalue weighted by molar-refractivity contribution is 7.99. The second-order valence-electron chi connectivity index (χ2n) is 4.97. The fourth-order valence-electron chi connectivity index (χ4n) is 2.41. The van der Waals surface area contributed by atoms with Crippen molar-refractivity contribution in [1.82, 2.24) is 0 Å². The summed E-state index contributed by atoms with van der Waals surface area (Å²) in [5.74, 6) is 2.28. The predicted octanol–water partition coefficient (Wildman–Crippen LogP) is 4.58. The minimum Gasteiger partial charge on any atom is -0.179 e. The molecule has 1 aromatic carbocycles. The van der Waals surface area contributed by atoms with Gasteiger partial charge in [-0.2, -0.15) is 12.6 Å². The van der Waals surface area contributed by atoms with Crippen molar-refractivity contribution in [3.63, 3.8) is 0 Å². The van der Waals surface area contributed by atoms with Gasteiger partial charge < -0.3 is 0 Å². The quantitative estimate of drug-likeness (QED) is 0.604. The molecule has 1 saturated carbocycles. The van der Waals surface area contributed by atoms with Crippen LogP contribution in [-0.4, -0.2) is 11.5 Å². The number of hydrogen-bond acceptors (Lipinski definition) is 2. The molecule has 0 radical (unpaired) electrons. The minimum absolute atomic E-state index is 0.511. The molecule has 1 aliphatic carbocycles. The monoisotopic (exact) mass is 252 g/mol. The summed E-state index contributed by atoms with van der Waals surface area (Å²) in [6, 6.07) is 8.82. The smallest absolute Gasteiger partial charge is 0.00747 e. The zero-order valence-electron chi connectivity index (χ0n) is 9.91. The summed E-state index contributed by atoms with van der Waals surface area (Å²) in [5, 5.41) is 0. The van der Waals surface area contributed by atoms with Crippen molar-refractivity contribution in [2.45, 2.75) is 37.5 Å².